The minimum Gasteiger partial charge on any atom is -0.307 e. The number of H-pyrrole nitrogens is 1. The number of carbonyl (C=O) groups is 1. The number of fused-ring (bicyclic) bond motifs is 1. The van der Waals surface area contributed by atoms with E-state index in [2.05, 4.69) is 20.5 Å². The van der Waals surface area contributed by atoms with Gasteiger partial charge in [-0.1, -0.05) is 0 Å². The quantitative estimate of drug-likeness (QED) is 0.765. The standard InChI is InChI=1S/C13H13N5O2S/c1-7-8(2)16-17-11(7)15-10(19)5-18-6-14-12-9(13(18)20)3-4-21-12/h3-4,6H,5H2,1-2H3,(H2,15,16,17,19). The molecular weight excluding hydrogens is 290 g/mol. The van der Waals surface area contributed by atoms with Gasteiger partial charge >= 0.3 is 0 Å². The molecule has 7 nitrogen and oxygen atoms in total. The molecule has 8 heteroatoms. The third-order valence-corrected chi connectivity index (χ3v) is 4.10. The number of rotatable bonds is 3. The van der Waals surface area contributed by atoms with E-state index in [0.717, 1.165) is 11.3 Å². The van der Waals surface area contributed by atoms with E-state index in [1.807, 2.05) is 13.8 Å². The fourth-order valence-corrected chi connectivity index (χ4v) is 2.66. The van der Waals surface area contributed by atoms with E-state index in [0.29, 0.717) is 16.0 Å². The molecule has 0 saturated carbocycles. The van der Waals surface area contributed by atoms with Crippen LogP contribution >= 0.6 is 11.3 Å². The van der Waals surface area contributed by atoms with Crippen LogP contribution in [0, 0.1) is 13.8 Å². The van der Waals surface area contributed by atoms with Gasteiger partial charge in [-0.15, -0.1) is 11.3 Å². The Morgan fingerprint density at radius 2 is 2.29 bits per heavy atom. The number of aromatic amines is 1. The lowest BCUT2D eigenvalue weighted by Gasteiger charge is -2.05. The number of anilines is 1. The largest absolute Gasteiger partial charge is 0.307 e. The number of hydrogen-bond donors (Lipinski definition) is 2. The van der Waals surface area contributed by atoms with Crippen LogP contribution in [0.1, 0.15) is 11.3 Å². The van der Waals surface area contributed by atoms with E-state index >= 15 is 0 Å². The summed E-state index contributed by atoms with van der Waals surface area (Å²) < 4.78 is 1.29. The average Bonchev–Trinajstić information content (AvgIpc) is 3.04. The van der Waals surface area contributed by atoms with Crippen molar-refractivity contribution in [2.24, 2.45) is 0 Å². The molecule has 21 heavy (non-hydrogen) atoms. The molecule has 3 heterocycles. The number of aromatic nitrogens is 4. The Bertz CT molecular complexity index is 876. The van der Waals surface area contributed by atoms with Gasteiger partial charge in [0.2, 0.25) is 5.91 Å². The van der Waals surface area contributed by atoms with Gasteiger partial charge in [0.1, 0.15) is 11.4 Å². The van der Waals surface area contributed by atoms with Crippen LogP contribution in [-0.2, 0) is 11.3 Å². The SMILES string of the molecule is Cc1[nH]nc(NC(=O)Cn2cnc3sccc3c2=O)c1C. The smallest absolute Gasteiger partial charge is 0.262 e. The first-order chi connectivity index (χ1) is 10.1. The second-order valence-corrected chi connectivity index (χ2v) is 5.58. The molecule has 2 N–H and O–H groups in total. The van der Waals surface area contributed by atoms with Crippen molar-refractivity contribution in [2.75, 3.05) is 5.32 Å². The molecule has 0 spiro atoms. The summed E-state index contributed by atoms with van der Waals surface area (Å²) in [7, 11) is 0. The Balaban J connectivity index is 1.82. The van der Waals surface area contributed by atoms with E-state index in [1.165, 1.54) is 22.2 Å². The molecule has 0 aliphatic rings. The van der Waals surface area contributed by atoms with Gasteiger partial charge in [0.25, 0.3) is 5.56 Å². The Morgan fingerprint density at radius 3 is 3.00 bits per heavy atom. The molecular formula is C13H13N5O2S. The summed E-state index contributed by atoms with van der Waals surface area (Å²) in [6.07, 6.45) is 1.39. The zero-order chi connectivity index (χ0) is 15.0. The molecule has 1 amide bonds. The molecule has 0 bridgehead atoms. The van der Waals surface area contributed by atoms with Crippen LogP contribution in [0.4, 0.5) is 5.82 Å². The van der Waals surface area contributed by atoms with Gasteiger partial charge in [0.15, 0.2) is 5.82 Å². The van der Waals surface area contributed by atoms with Crippen LogP contribution in [0.15, 0.2) is 22.6 Å². The number of thiophene rings is 1. The lowest BCUT2D eigenvalue weighted by atomic mass is 10.3. The number of aryl methyl sites for hydroxylation is 1. The normalized spacial score (nSPS) is 11.0. The maximum absolute atomic E-state index is 12.2. The molecule has 0 unspecified atom stereocenters. The molecule has 0 radical (unpaired) electrons. The van der Waals surface area contributed by atoms with E-state index < -0.39 is 0 Å². The summed E-state index contributed by atoms with van der Waals surface area (Å²) in [5.41, 5.74) is 1.55. The van der Waals surface area contributed by atoms with Crippen molar-refractivity contribution in [3.63, 3.8) is 0 Å². The number of nitrogens with zero attached hydrogens (tertiary/aromatic N) is 3. The van der Waals surface area contributed by atoms with Crippen molar-refractivity contribution in [1.29, 1.82) is 0 Å². The highest BCUT2D eigenvalue weighted by molar-refractivity contribution is 7.16. The topological polar surface area (TPSA) is 92.7 Å². The molecule has 0 fully saturated rings. The molecule has 3 aromatic heterocycles. The van der Waals surface area contributed by atoms with Crippen LogP contribution in [0.5, 0.6) is 0 Å². The fraction of sp³-hybridized carbons (Fsp3) is 0.231. The Morgan fingerprint density at radius 1 is 1.48 bits per heavy atom. The summed E-state index contributed by atoms with van der Waals surface area (Å²) >= 11 is 1.40. The Hall–Kier alpha value is -2.48. The van der Waals surface area contributed by atoms with Gasteiger partial charge in [-0.3, -0.25) is 19.3 Å². The van der Waals surface area contributed by atoms with Gasteiger partial charge in [-0.05, 0) is 25.3 Å². The lowest BCUT2D eigenvalue weighted by molar-refractivity contribution is -0.116. The molecule has 0 aliphatic heterocycles. The van der Waals surface area contributed by atoms with Crippen LogP contribution in [0.2, 0.25) is 0 Å². The third-order valence-electron chi connectivity index (χ3n) is 3.28. The Kier molecular flexibility index (Phi) is 3.30. The zero-order valence-corrected chi connectivity index (χ0v) is 12.3. The molecule has 0 aliphatic carbocycles. The second kappa shape index (κ2) is 5.13. The van der Waals surface area contributed by atoms with E-state index in [1.54, 1.807) is 11.4 Å². The van der Waals surface area contributed by atoms with Crippen molar-refractivity contribution in [3.05, 3.63) is 39.4 Å². The minimum absolute atomic E-state index is 0.0943. The Labute approximate surface area is 123 Å². The number of hydrogen-bond acceptors (Lipinski definition) is 5. The molecule has 0 saturated heterocycles. The highest BCUT2D eigenvalue weighted by atomic mass is 32.1. The second-order valence-electron chi connectivity index (χ2n) is 4.69. The molecule has 0 atom stereocenters. The highest BCUT2D eigenvalue weighted by Crippen LogP contribution is 2.14. The maximum atomic E-state index is 12.2. The van der Waals surface area contributed by atoms with Crippen molar-refractivity contribution < 1.29 is 4.79 Å². The average molecular weight is 303 g/mol. The summed E-state index contributed by atoms with van der Waals surface area (Å²) in [5, 5.41) is 11.8. The van der Waals surface area contributed by atoms with Gasteiger partial charge in [0, 0.05) is 11.3 Å². The first-order valence-electron chi connectivity index (χ1n) is 6.30. The number of carbonyl (C=O) groups excluding carboxylic acids is 1. The van der Waals surface area contributed by atoms with Gasteiger partial charge in [-0.25, -0.2) is 4.98 Å². The summed E-state index contributed by atoms with van der Waals surface area (Å²) in [6.45, 7) is 3.64. The van der Waals surface area contributed by atoms with Crippen LogP contribution in [0.3, 0.4) is 0 Å². The van der Waals surface area contributed by atoms with Gasteiger partial charge in [0.05, 0.1) is 11.7 Å². The minimum atomic E-state index is -0.317. The van der Waals surface area contributed by atoms with Crippen molar-refractivity contribution in [1.82, 2.24) is 19.7 Å². The predicted molar refractivity (Wildman–Crippen MR) is 80.6 cm³/mol. The third kappa shape index (κ3) is 2.45. The number of nitrogens with one attached hydrogen (secondary N) is 2. The van der Waals surface area contributed by atoms with Crippen LogP contribution in [-0.4, -0.2) is 25.7 Å². The maximum Gasteiger partial charge on any atom is 0.262 e. The monoisotopic (exact) mass is 303 g/mol. The fourth-order valence-electron chi connectivity index (χ4n) is 1.94. The lowest BCUT2D eigenvalue weighted by Crippen LogP contribution is -2.27. The first-order valence-corrected chi connectivity index (χ1v) is 7.18. The van der Waals surface area contributed by atoms with E-state index in [4.69, 9.17) is 0 Å². The van der Waals surface area contributed by atoms with Gasteiger partial charge in [-0.2, -0.15) is 5.10 Å². The summed E-state index contributed by atoms with van der Waals surface area (Å²) in [4.78, 5) is 29.0. The molecule has 0 aromatic carbocycles. The van der Waals surface area contributed by atoms with E-state index in [9.17, 15) is 9.59 Å². The highest BCUT2D eigenvalue weighted by Gasteiger charge is 2.12. The van der Waals surface area contributed by atoms with Gasteiger partial charge < -0.3 is 5.32 Å². The van der Waals surface area contributed by atoms with Crippen LogP contribution in [0.25, 0.3) is 10.2 Å². The first kappa shape index (κ1) is 13.5. The summed E-state index contributed by atoms with van der Waals surface area (Å²) in [5.74, 6) is 0.165. The molecule has 3 rings (SSSR count). The van der Waals surface area contributed by atoms with Crippen molar-refractivity contribution in [2.45, 2.75) is 20.4 Å². The molecule has 3 aromatic rings. The zero-order valence-electron chi connectivity index (χ0n) is 11.5. The summed E-state index contributed by atoms with van der Waals surface area (Å²) in [6, 6.07) is 1.71. The number of amides is 1. The van der Waals surface area contributed by atoms with E-state index in [-0.39, 0.29) is 18.0 Å². The predicted octanol–water partition coefficient (Wildman–Crippen LogP) is 1.44. The van der Waals surface area contributed by atoms with Crippen LogP contribution < -0.4 is 10.9 Å². The van der Waals surface area contributed by atoms with Crippen molar-refractivity contribution in [3.8, 4) is 0 Å². The molecule has 108 valence electrons. The van der Waals surface area contributed by atoms with Crippen molar-refractivity contribution >= 4 is 33.3 Å².